The van der Waals surface area contributed by atoms with Crippen LogP contribution >= 0.6 is 23.4 Å². The van der Waals surface area contributed by atoms with E-state index in [0.717, 1.165) is 0 Å². The number of hydrogen-bond acceptors (Lipinski definition) is 5. The first kappa shape index (κ1) is 11.3. The van der Waals surface area contributed by atoms with E-state index < -0.39 is 5.97 Å². The van der Waals surface area contributed by atoms with Gasteiger partial charge in [0.2, 0.25) is 0 Å². The summed E-state index contributed by atoms with van der Waals surface area (Å²) in [7, 11) is 1.30. The fourth-order valence-corrected chi connectivity index (χ4v) is 1.44. The first-order valence-electron chi connectivity index (χ1n) is 3.76. The van der Waals surface area contributed by atoms with Crippen molar-refractivity contribution in [2.24, 2.45) is 0 Å². The van der Waals surface area contributed by atoms with Crippen LogP contribution in [-0.4, -0.2) is 29.3 Å². The summed E-state index contributed by atoms with van der Waals surface area (Å²) in [5.74, 6) is -0.498. The van der Waals surface area contributed by atoms with Crippen molar-refractivity contribution in [3.63, 3.8) is 0 Å². The average Bonchev–Trinajstić information content (AvgIpc) is 2.20. The number of nitrogens with zero attached hydrogens (tertiary/aromatic N) is 2. The highest BCUT2D eigenvalue weighted by Crippen LogP contribution is 2.20. The monoisotopic (exact) mass is 232 g/mol. The first-order valence-corrected chi connectivity index (χ1v) is 5.36. The molecule has 1 rings (SSSR count). The Morgan fingerprint density at radius 3 is 2.64 bits per heavy atom. The second-order valence-electron chi connectivity index (χ2n) is 2.47. The van der Waals surface area contributed by atoms with Gasteiger partial charge in [0.1, 0.15) is 5.15 Å². The highest BCUT2D eigenvalue weighted by molar-refractivity contribution is 7.98. The van der Waals surface area contributed by atoms with E-state index in [1.54, 1.807) is 6.92 Å². The minimum Gasteiger partial charge on any atom is -0.464 e. The van der Waals surface area contributed by atoms with Crippen LogP contribution in [0.1, 0.15) is 16.1 Å². The van der Waals surface area contributed by atoms with Crippen LogP contribution in [0.2, 0.25) is 5.15 Å². The standard InChI is InChI=1S/C8H9ClN2O2S/c1-4-5(7(12)13-2)10-8(14-3)11-6(4)9/h1-3H3. The summed E-state index contributed by atoms with van der Waals surface area (Å²) in [5.41, 5.74) is 0.758. The van der Waals surface area contributed by atoms with E-state index in [9.17, 15) is 4.79 Å². The molecule has 4 nitrogen and oxygen atoms in total. The van der Waals surface area contributed by atoms with Gasteiger partial charge in [-0.1, -0.05) is 23.4 Å². The molecule has 0 fully saturated rings. The molecule has 0 saturated carbocycles. The predicted octanol–water partition coefficient (Wildman–Crippen LogP) is 1.95. The molecule has 0 aliphatic rings. The molecule has 0 aliphatic carbocycles. The molecule has 0 unspecified atom stereocenters. The minimum atomic E-state index is -0.498. The summed E-state index contributed by atoms with van der Waals surface area (Å²) in [6, 6.07) is 0. The topological polar surface area (TPSA) is 52.1 Å². The third-order valence-electron chi connectivity index (χ3n) is 1.63. The molecule has 0 atom stereocenters. The van der Waals surface area contributed by atoms with Crippen molar-refractivity contribution in [2.75, 3.05) is 13.4 Å². The van der Waals surface area contributed by atoms with Crippen LogP contribution in [0, 0.1) is 6.92 Å². The molecule has 0 radical (unpaired) electrons. The van der Waals surface area contributed by atoms with Gasteiger partial charge in [-0.2, -0.15) is 0 Å². The lowest BCUT2D eigenvalue weighted by molar-refractivity contribution is 0.0592. The van der Waals surface area contributed by atoms with Gasteiger partial charge in [0, 0.05) is 5.56 Å². The second-order valence-corrected chi connectivity index (χ2v) is 3.60. The Morgan fingerprint density at radius 1 is 1.50 bits per heavy atom. The average molecular weight is 233 g/mol. The van der Waals surface area contributed by atoms with Crippen molar-refractivity contribution in [1.29, 1.82) is 0 Å². The Kier molecular flexibility index (Phi) is 3.71. The molecule has 0 saturated heterocycles. The van der Waals surface area contributed by atoms with Gasteiger partial charge in [0.15, 0.2) is 10.9 Å². The maximum Gasteiger partial charge on any atom is 0.357 e. The molecule has 6 heteroatoms. The van der Waals surface area contributed by atoms with Crippen molar-refractivity contribution in [1.82, 2.24) is 9.97 Å². The van der Waals surface area contributed by atoms with E-state index in [4.69, 9.17) is 11.6 Å². The number of thioether (sulfide) groups is 1. The van der Waals surface area contributed by atoms with Crippen molar-refractivity contribution >= 4 is 29.3 Å². The van der Waals surface area contributed by atoms with Gasteiger partial charge >= 0.3 is 5.97 Å². The van der Waals surface area contributed by atoms with E-state index in [0.29, 0.717) is 10.7 Å². The molecule has 14 heavy (non-hydrogen) atoms. The van der Waals surface area contributed by atoms with Gasteiger partial charge in [0.05, 0.1) is 7.11 Å². The Balaban J connectivity index is 3.27. The smallest absolute Gasteiger partial charge is 0.357 e. The summed E-state index contributed by atoms with van der Waals surface area (Å²) < 4.78 is 4.57. The number of esters is 1. The fourth-order valence-electron chi connectivity index (χ4n) is 0.857. The van der Waals surface area contributed by atoms with Crippen molar-refractivity contribution in [3.05, 3.63) is 16.4 Å². The molecular weight excluding hydrogens is 224 g/mol. The van der Waals surface area contributed by atoms with E-state index >= 15 is 0 Å². The zero-order chi connectivity index (χ0) is 10.7. The summed E-state index contributed by atoms with van der Waals surface area (Å²) in [6.45, 7) is 1.68. The lowest BCUT2D eigenvalue weighted by atomic mass is 10.2. The zero-order valence-electron chi connectivity index (χ0n) is 8.00. The normalized spacial score (nSPS) is 10.0. The lowest BCUT2D eigenvalue weighted by Gasteiger charge is -2.05. The molecule has 1 aromatic rings. The van der Waals surface area contributed by atoms with Gasteiger partial charge in [-0.25, -0.2) is 14.8 Å². The van der Waals surface area contributed by atoms with Gasteiger partial charge in [-0.05, 0) is 13.2 Å². The maximum atomic E-state index is 11.3. The van der Waals surface area contributed by atoms with Crippen LogP contribution < -0.4 is 0 Å². The van der Waals surface area contributed by atoms with Crippen LogP contribution in [0.3, 0.4) is 0 Å². The summed E-state index contributed by atoms with van der Waals surface area (Å²) in [6.07, 6.45) is 1.81. The first-order chi connectivity index (χ1) is 6.60. The Morgan fingerprint density at radius 2 is 2.14 bits per heavy atom. The largest absolute Gasteiger partial charge is 0.464 e. The van der Waals surface area contributed by atoms with Crippen molar-refractivity contribution in [3.8, 4) is 0 Å². The highest BCUT2D eigenvalue weighted by atomic mass is 35.5. The Labute approximate surface area is 91.0 Å². The van der Waals surface area contributed by atoms with Gasteiger partial charge in [0.25, 0.3) is 0 Å². The molecule has 0 aromatic carbocycles. The quantitative estimate of drug-likeness (QED) is 0.338. The number of carbonyl (C=O) groups is 1. The van der Waals surface area contributed by atoms with Crippen LogP contribution in [0.15, 0.2) is 5.16 Å². The van der Waals surface area contributed by atoms with Crippen LogP contribution in [0.25, 0.3) is 0 Å². The highest BCUT2D eigenvalue weighted by Gasteiger charge is 2.16. The van der Waals surface area contributed by atoms with Crippen molar-refractivity contribution < 1.29 is 9.53 Å². The lowest BCUT2D eigenvalue weighted by Crippen LogP contribution is -2.09. The number of aromatic nitrogens is 2. The van der Waals surface area contributed by atoms with E-state index in [2.05, 4.69) is 14.7 Å². The molecule has 76 valence electrons. The molecule has 0 bridgehead atoms. The predicted molar refractivity (Wildman–Crippen MR) is 54.9 cm³/mol. The maximum absolute atomic E-state index is 11.3. The number of ether oxygens (including phenoxy) is 1. The number of rotatable bonds is 2. The second kappa shape index (κ2) is 4.61. The molecule has 0 aliphatic heterocycles. The van der Waals surface area contributed by atoms with E-state index in [-0.39, 0.29) is 10.8 Å². The fraction of sp³-hybridized carbons (Fsp3) is 0.375. The molecule has 0 N–H and O–H groups in total. The van der Waals surface area contributed by atoms with Crippen LogP contribution in [0.5, 0.6) is 0 Å². The number of hydrogen-bond donors (Lipinski definition) is 0. The summed E-state index contributed by atoms with van der Waals surface area (Å²) in [5, 5.41) is 0.741. The molecule has 1 heterocycles. The van der Waals surface area contributed by atoms with Crippen molar-refractivity contribution in [2.45, 2.75) is 12.1 Å². The number of carbonyl (C=O) groups excluding carboxylic acids is 1. The SMILES string of the molecule is COC(=O)c1nc(SC)nc(Cl)c1C. The van der Waals surface area contributed by atoms with Crippen LogP contribution in [-0.2, 0) is 4.74 Å². The number of methoxy groups -OCH3 is 1. The molecular formula is C8H9ClN2O2S. The van der Waals surface area contributed by atoms with E-state index in [1.807, 2.05) is 6.26 Å². The molecule has 0 spiro atoms. The third-order valence-corrected chi connectivity index (χ3v) is 2.54. The zero-order valence-corrected chi connectivity index (χ0v) is 9.57. The minimum absolute atomic E-state index is 0.219. The summed E-state index contributed by atoms with van der Waals surface area (Å²) >= 11 is 7.15. The van der Waals surface area contributed by atoms with Gasteiger partial charge in [-0.3, -0.25) is 0 Å². The van der Waals surface area contributed by atoms with Gasteiger partial charge < -0.3 is 4.74 Å². The number of halogens is 1. The Bertz CT molecular complexity index is 371. The molecule has 1 aromatic heterocycles. The third kappa shape index (κ3) is 2.16. The van der Waals surface area contributed by atoms with E-state index in [1.165, 1.54) is 18.9 Å². The van der Waals surface area contributed by atoms with Crippen LogP contribution in [0.4, 0.5) is 0 Å². The molecule has 0 amide bonds. The summed E-state index contributed by atoms with van der Waals surface area (Å²) in [4.78, 5) is 19.3. The Hall–Kier alpha value is -0.810. The van der Waals surface area contributed by atoms with Gasteiger partial charge in [-0.15, -0.1) is 0 Å².